The second-order valence-corrected chi connectivity index (χ2v) is 7.95. The Morgan fingerprint density at radius 2 is 1.79 bits per heavy atom. The maximum atomic E-state index is 12.6. The molecule has 0 heterocycles. The lowest BCUT2D eigenvalue weighted by Crippen LogP contribution is -2.15. The lowest BCUT2D eigenvalue weighted by molar-refractivity contribution is 0.102. The van der Waals surface area contributed by atoms with Gasteiger partial charge in [0.15, 0.2) is 0 Å². The highest BCUT2D eigenvalue weighted by Gasteiger charge is 2.19. The minimum Gasteiger partial charge on any atom is -0.507 e. The van der Waals surface area contributed by atoms with E-state index in [2.05, 4.69) is 5.32 Å². The van der Waals surface area contributed by atoms with Crippen LogP contribution in [0.1, 0.15) is 10.4 Å². The first-order valence-corrected chi connectivity index (χ1v) is 10.4. The monoisotopic (exact) mass is 435 g/mol. The first-order valence-electron chi connectivity index (χ1n) is 8.05. The summed E-state index contributed by atoms with van der Waals surface area (Å²) < 4.78 is 17.5. The van der Waals surface area contributed by atoms with Gasteiger partial charge in [0.1, 0.15) is 17.2 Å². The van der Waals surface area contributed by atoms with E-state index < -0.39 is 16.7 Å². The first-order chi connectivity index (χ1) is 13.3. The molecule has 0 aliphatic rings. The first kappa shape index (κ1) is 20.2. The molecule has 2 N–H and O–H groups in total. The van der Waals surface area contributed by atoms with Crippen LogP contribution in [0.3, 0.4) is 0 Å². The molecule has 1 atom stereocenters. The van der Waals surface area contributed by atoms with E-state index in [1.165, 1.54) is 30.5 Å². The fraction of sp³-hybridized carbons (Fsp3) is 0.0500. The Bertz CT molecular complexity index is 1050. The van der Waals surface area contributed by atoms with Crippen LogP contribution >= 0.6 is 23.2 Å². The number of benzene rings is 3. The van der Waals surface area contributed by atoms with Gasteiger partial charge in [0.2, 0.25) is 0 Å². The molecule has 1 amide bonds. The Morgan fingerprint density at radius 1 is 1.07 bits per heavy atom. The van der Waals surface area contributed by atoms with Gasteiger partial charge >= 0.3 is 0 Å². The van der Waals surface area contributed by atoms with Crippen molar-refractivity contribution in [3.63, 3.8) is 0 Å². The van der Waals surface area contributed by atoms with Gasteiger partial charge < -0.3 is 15.2 Å². The number of carbonyl (C=O) groups excluding carboxylic acids is 1. The van der Waals surface area contributed by atoms with Crippen molar-refractivity contribution in [3.8, 4) is 17.2 Å². The highest BCUT2D eigenvalue weighted by Crippen LogP contribution is 2.33. The summed E-state index contributed by atoms with van der Waals surface area (Å²) in [5.41, 5.74) is 0.357. The zero-order valence-electron chi connectivity index (χ0n) is 14.6. The molecule has 5 nitrogen and oxygen atoms in total. The van der Waals surface area contributed by atoms with Gasteiger partial charge in [-0.3, -0.25) is 9.00 Å². The number of phenols is 1. The third-order valence-electron chi connectivity index (χ3n) is 3.77. The molecule has 0 aliphatic heterocycles. The molecule has 8 heteroatoms. The van der Waals surface area contributed by atoms with Gasteiger partial charge in [0.05, 0.1) is 26.3 Å². The summed E-state index contributed by atoms with van der Waals surface area (Å²) in [7, 11) is -1.44. The smallest absolute Gasteiger partial charge is 0.260 e. The molecular formula is C20H15Cl2NO4S. The van der Waals surface area contributed by atoms with Crippen LogP contribution in [0.4, 0.5) is 5.69 Å². The van der Waals surface area contributed by atoms with E-state index in [4.69, 9.17) is 27.9 Å². The van der Waals surface area contributed by atoms with Crippen LogP contribution in [0.5, 0.6) is 17.2 Å². The van der Waals surface area contributed by atoms with E-state index >= 15 is 0 Å². The van der Waals surface area contributed by atoms with E-state index in [0.29, 0.717) is 22.2 Å². The van der Waals surface area contributed by atoms with E-state index in [0.717, 1.165) is 0 Å². The number of nitrogens with one attached hydrogen (secondary N) is 1. The number of rotatable bonds is 5. The lowest BCUT2D eigenvalue weighted by atomic mass is 10.1. The predicted octanol–water partition coefficient (Wildman–Crippen LogP) is 5.48. The van der Waals surface area contributed by atoms with Gasteiger partial charge in [0.25, 0.3) is 5.91 Å². The minimum absolute atomic E-state index is 0.0408. The van der Waals surface area contributed by atoms with Gasteiger partial charge in [-0.15, -0.1) is 0 Å². The average molecular weight is 436 g/mol. The van der Waals surface area contributed by atoms with Crippen molar-refractivity contribution in [2.45, 2.75) is 4.90 Å². The summed E-state index contributed by atoms with van der Waals surface area (Å²) in [6, 6.07) is 16.0. The van der Waals surface area contributed by atoms with Crippen molar-refractivity contribution in [1.29, 1.82) is 0 Å². The van der Waals surface area contributed by atoms with Gasteiger partial charge in [-0.05, 0) is 54.6 Å². The summed E-state index contributed by atoms with van der Waals surface area (Å²) in [6.45, 7) is 0. The van der Waals surface area contributed by atoms with Crippen molar-refractivity contribution in [3.05, 3.63) is 76.3 Å². The maximum Gasteiger partial charge on any atom is 0.260 e. The quantitative estimate of drug-likeness (QED) is 0.555. The summed E-state index contributed by atoms with van der Waals surface area (Å²) >= 11 is 12.1. The summed E-state index contributed by atoms with van der Waals surface area (Å²) in [6.07, 6.45) is 1.44. The fourth-order valence-electron chi connectivity index (χ4n) is 2.47. The SMILES string of the molecule is CS(=O)c1cccc(O)c1C(=O)Nc1ccc(Oc2ccc(Cl)cc2)c(Cl)c1. The van der Waals surface area contributed by atoms with Crippen LogP contribution < -0.4 is 10.1 Å². The molecular weight excluding hydrogens is 421 g/mol. The molecule has 3 rings (SSSR count). The second-order valence-electron chi connectivity index (χ2n) is 5.76. The highest BCUT2D eigenvalue weighted by molar-refractivity contribution is 7.84. The Morgan fingerprint density at radius 3 is 2.43 bits per heavy atom. The molecule has 3 aromatic rings. The van der Waals surface area contributed by atoms with Crippen LogP contribution in [0, 0.1) is 0 Å². The number of hydrogen-bond donors (Lipinski definition) is 2. The molecule has 0 bridgehead atoms. The normalized spacial score (nSPS) is 11.7. The number of phenolic OH excluding ortho intramolecular Hbond substituents is 1. The average Bonchev–Trinajstić information content (AvgIpc) is 2.65. The zero-order valence-corrected chi connectivity index (χ0v) is 16.9. The van der Waals surface area contributed by atoms with Crippen LogP contribution in [0.15, 0.2) is 65.6 Å². The van der Waals surface area contributed by atoms with Crippen LogP contribution in [0.2, 0.25) is 10.0 Å². The van der Waals surface area contributed by atoms with Gasteiger partial charge in [-0.2, -0.15) is 0 Å². The van der Waals surface area contributed by atoms with E-state index in [-0.39, 0.29) is 21.2 Å². The molecule has 3 aromatic carbocycles. The number of halogens is 2. The highest BCUT2D eigenvalue weighted by atomic mass is 35.5. The van der Waals surface area contributed by atoms with Crippen molar-refractivity contribution >= 4 is 45.6 Å². The number of aromatic hydroxyl groups is 1. The molecule has 1 unspecified atom stereocenters. The van der Waals surface area contributed by atoms with E-state index in [1.807, 2.05) is 0 Å². The molecule has 144 valence electrons. The molecule has 0 fully saturated rings. The summed E-state index contributed by atoms with van der Waals surface area (Å²) in [5.74, 6) is 0.122. The van der Waals surface area contributed by atoms with Crippen LogP contribution in [-0.4, -0.2) is 21.5 Å². The van der Waals surface area contributed by atoms with Gasteiger partial charge in [-0.25, -0.2) is 0 Å². The molecule has 0 saturated heterocycles. The van der Waals surface area contributed by atoms with E-state index in [1.54, 1.807) is 36.4 Å². The predicted molar refractivity (Wildman–Crippen MR) is 111 cm³/mol. The van der Waals surface area contributed by atoms with Crippen molar-refractivity contribution in [1.82, 2.24) is 0 Å². The topological polar surface area (TPSA) is 75.6 Å². The largest absolute Gasteiger partial charge is 0.507 e. The maximum absolute atomic E-state index is 12.6. The number of ether oxygens (including phenoxy) is 1. The minimum atomic E-state index is -1.44. The summed E-state index contributed by atoms with van der Waals surface area (Å²) in [5, 5.41) is 13.5. The van der Waals surface area contributed by atoms with Crippen molar-refractivity contribution in [2.75, 3.05) is 11.6 Å². The standard InChI is InChI=1S/C20H15Cl2NO4S/c1-28(26)18-4-2-3-16(24)19(18)20(25)23-13-7-10-17(15(22)11-13)27-14-8-5-12(21)6-9-14/h2-11,24H,1H3,(H,23,25). The fourth-order valence-corrected chi connectivity index (χ4v) is 3.57. The number of amides is 1. The number of anilines is 1. The number of hydrogen-bond acceptors (Lipinski definition) is 4. The third-order valence-corrected chi connectivity index (χ3v) is 5.28. The molecule has 0 aliphatic carbocycles. The Labute approximate surface area is 174 Å². The third kappa shape index (κ3) is 4.65. The zero-order chi connectivity index (χ0) is 20.3. The molecule has 28 heavy (non-hydrogen) atoms. The van der Waals surface area contributed by atoms with Crippen LogP contribution in [-0.2, 0) is 10.8 Å². The Hall–Kier alpha value is -2.54. The second kappa shape index (κ2) is 8.65. The lowest BCUT2D eigenvalue weighted by Gasteiger charge is -2.12. The van der Waals surface area contributed by atoms with Crippen molar-refractivity contribution < 1.29 is 18.8 Å². The van der Waals surface area contributed by atoms with E-state index in [9.17, 15) is 14.1 Å². The van der Waals surface area contributed by atoms with Crippen LogP contribution in [0.25, 0.3) is 0 Å². The Balaban J connectivity index is 1.81. The molecule has 0 saturated carbocycles. The van der Waals surface area contributed by atoms with Gasteiger partial charge in [-0.1, -0.05) is 29.3 Å². The number of carbonyl (C=O) groups is 1. The molecule has 0 spiro atoms. The summed E-state index contributed by atoms with van der Waals surface area (Å²) in [4.78, 5) is 12.8. The Kier molecular flexibility index (Phi) is 6.24. The van der Waals surface area contributed by atoms with Crippen molar-refractivity contribution in [2.24, 2.45) is 0 Å². The van der Waals surface area contributed by atoms with Gasteiger partial charge in [0, 0.05) is 17.0 Å². The molecule has 0 radical (unpaired) electrons. The molecule has 0 aromatic heterocycles.